The van der Waals surface area contributed by atoms with Crippen molar-refractivity contribution in [2.45, 2.75) is 45.3 Å². The summed E-state index contributed by atoms with van der Waals surface area (Å²) in [5.74, 6) is -0.127. The Labute approximate surface area is 112 Å². The second-order valence-corrected chi connectivity index (χ2v) is 4.74. The molecule has 0 aromatic carbocycles. The van der Waals surface area contributed by atoms with Gasteiger partial charge >= 0.3 is 0 Å². The number of nitrogens with one attached hydrogen (secondary N) is 1. The summed E-state index contributed by atoms with van der Waals surface area (Å²) in [7, 11) is 1.77. The van der Waals surface area contributed by atoms with Gasteiger partial charge in [-0.2, -0.15) is 0 Å². The van der Waals surface area contributed by atoms with Crippen molar-refractivity contribution >= 4 is 11.8 Å². The number of carbonyl (C=O) groups excluding carboxylic acids is 2. The summed E-state index contributed by atoms with van der Waals surface area (Å²) in [6.45, 7) is 4.11. The Morgan fingerprint density at radius 2 is 2.05 bits per heavy atom. The van der Waals surface area contributed by atoms with Crippen molar-refractivity contribution in [3.8, 4) is 0 Å². The summed E-state index contributed by atoms with van der Waals surface area (Å²) in [4.78, 5) is 25.9. The third kappa shape index (κ3) is 2.59. The zero-order valence-electron chi connectivity index (χ0n) is 11.5. The quantitative estimate of drug-likeness (QED) is 0.819. The van der Waals surface area contributed by atoms with Gasteiger partial charge in [0.25, 0.3) is 0 Å². The molecular weight excluding hydrogens is 246 g/mol. The third-order valence-electron chi connectivity index (χ3n) is 3.35. The van der Waals surface area contributed by atoms with Crippen LogP contribution < -0.4 is 5.32 Å². The number of amides is 2. The van der Waals surface area contributed by atoms with Crippen molar-refractivity contribution in [2.75, 3.05) is 0 Å². The van der Waals surface area contributed by atoms with Crippen LogP contribution in [0.25, 0.3) is 0 Å². The molecule has 1 aliphatic rings. The highest BCUT2D eigenvalue weighted by atomic mass is 16.2. The van der Waals surface area contributed by atoms with Gasteiger partial charge in [-0.05, 0) is 12.8 Å². The molecule has 1 fully saturated rings. The highest BCUT2D eigenvalue weighted by Crippen LogP contribution is 2.17. The fourth-order valence-corrected chi connectivity index (χ4v) is 2.34. The molecule has 7 heteroatoms. The van der Waals surface area contributed by atoms with Crippen LogP contribution in [-0.4, -0.2) is 43.8 Å². The normalized spacial score (nSPS) is 23.6. The van der Waals surface area contributed by atoms with E-state index in [2.05, 4.69) is 15.6 Å². The minimum atomic E-state index is -0.424. The monoisotopic (exact) mass is 265 g/mol. The van der Waals surface area contributed by atoms with Gasteiger partial charge in [-0.25, -0.2) is 0 Å². The summed E-state index contributed by atoms with van der Waals surface area (Å²) in [5, 5.41) is 10.6. The molecule has 7 nitrogen and oxygen atoms in total. The highest BCUT2D eigenvalue weighted by Gasteiger charge is 2.38. The lowest BCUT2D eigenvalue weighted by Gasteiger charge is -2.37. The molecule has 1 aliphatic heterocycles. The zero-order chi connectivity index (χ0) is 14.0. The molecule has 2 rings (SSSR count). The number of rotatable bonds is 4. The van der Waals surface area contributed by atoms with Crippen molar-refractivity contribution < 1.29 is 9.59 Å². The predicted molar refractivity (Wildman–Crippen MR) is 67.9 cm³/mol. The van der Waals surface area contributed by atoms with Crippen molar-refractivity contribution in [3.05, 3.63) is 11.9 Å². The van der Waals surface area contributed by atoms with Crippen molar-refractivity contribution in [3.63, 3.8) is 0 Å². The second kappa shape index (κ2) is 5.38. The smallest absolute Gasteiger partial charge is 0.246 e. The molecular formula is C12H19N5O2. The first kappa shape index (κ1) is 13.5. The van der Waals surface area contributed by atoms with Crippen molar-refractivity contribution in [1.82, 2.24) is 25.2 Å². The second-order valence-electron chi connectivity index (χ2n) is 4.74. The van der Waals surface area contributed by atoms with Crippen LogP contribution in [0, 0.1) is 0 Å². The lowest BCUT2D eigenvalue weighted by molar-refractivity contribution is -0.150. The topological polar surface area (TPSA) is 80.1 Å². The van der Waals surface area contributed by atoms with E-state index >= 15 is 0 Å². The average molecular weight is 265 g/mol. The predicted octanol–water partition coefficient (Wildman–Crippen LogP) is -0.169. The van der Waals surface area contributed by atoms with Gasteiger partial charge in [0.15, 0.2) is 0 Å². The van der Waals surface area contributed by atoms with E-state index in [1.54, 1.807) is 22.8 Å². The van der Waals surface area contributed by atoms with E-state index in [1.807, 2.05) is 13.8 Å². The number of hydrogen-bond donors (Lipinski definition) is 1. The molecule has 2 heterocycles. The molecule has 0 aliphatic carbocycles. The molecule has 1 N–H and O–H groups in total. The first-order valence-corrected chi connectivity index (χ1v) is 6.52. The Balaban J connectivity index is 2.21. The molecule has 1 saturated heterocycles. The fraction of sp³-hybridized carbons (Fsp3) is 0.667. The number of hydrogen-bond acceptors (Lipinski definition) is 4. The van der Waals surface area contributed by atoms with E-state index in [0.29, 0.717) is 25.1 Å². The molecule has 2 atom stereocenters. The van der Waals surface area contributed by atoms with Crippen LogP contribution in [0.15, 0.2) is 6.20 Å². The van der Waals surface area contributed by atoms with E-state index < -0.39 is 12.1 Å². The van der Waals surface area contributed by atoms with Gasteiger partial charge in [-0.3, -0.25) is 14.3 Å². The number of piperazine rings is 1. The van der Waals surface area contributed by atoms with Crippen LogP contribution in [0.3, 0.4) is 0 Å². The number of carbonyl (C=O) groups is 2. The molecule has 104 valence electrons. The lowest BCUT2D eigenvalue weighted by Crippen LogP contribution is -2.62. The molecule has 0 bridgehead atoms. The molecule has 1 aromatic rings. The largest absolute Gasteiger partial charge is 0.343 e. The average Bonchev–Trinajstić information content (AvgIpc) is 2.79. The summed E-state index contributed by atoms with van der Waals surface area (Å²) in [6.07, 6.45) is 2.94. The SMILES string of the molecule is CCC1NC(=O)C(CC)N(Cc2cn(C)nn2)C1=O. The number of aromatic nitrogens is 3. The van der Waals surface area contributed by atoms with Crippen molar-refractivity contribution in [2.24, 2.45) is 7.05 Å². The maximum absolute atomic E-state index is 12.3. The molecule has 0 saturated carbocycles. The van der Waals surface area contributed by atoms with Crippen LogP contribution in [0.1, 0.15) is 32.4 Å². The minimum absolute atomic E-state index is 0.0420. The first-order chi connectivity index (χ1) is 9.06. The van der Waals surface area contributed by atoms with E-state index in [4.69, 9.17) is 0 Å². The Morgan fingerprint density at radius 1 is 1.32 bits per heavy atom. The Morgan fingerprint density at radius 3 is 2.58 bits per heavy atom. The summed E-state index contributed by atoms with van der Waals surface area (Å²) < 4.78 is 1.59. The van der Waals surface area contributed by atoms with Crippen LogP contribution in [0.4, 0.5) is 0 Å². The molecule has 0 radical (unpaired) electrons. The lowest BCUT2D eigenvalue weighted by atomic mass is 10.0. The molecule has 1 aromatic heterocycles. The van der Waals surface area contributed by atoms with E-state index in [1.165, 1.54) is 0 Å². The van der Waals surface area contributed by atoms with Crippen LogP contribution in [0.2, 0.25) is 0 Å². The number of aryl methyl sites for hydroxylation is 1. The summed E-state index contributed by atoms with van der Waals surface area (Å²) in [6, 6.07) is -0.843. The van der Waals surface area contributed by atoms with Gasteiger partial charge < -0.3 is 10.2 Å². The van der Waals surface area contributed by atoms with Crippen LogP contribution in [0.5, 0.6) is 0 Å². The summed E-state index contributed by atoms with van der Waals surface area (Å²) in [5.41, 5.74) is 0.693. The maximum Gasteiger partial charge on any atom is 0.246 e. The highest BCUT2D eigenvalue weighted by molar-refractivity contribution is 5.96. The van der Waals surface area contributed by atoms with Gasteiger partial charge in [0.05, 0.1) is 6.54 Å². The Bertz CT molecular complexity index is 484. The van der Waals surface area contributed by atoms with Gasteiger partial charge in [0, 0.05) is 13.2 Å². The van der Waals surface area contributed by atoms with E-state index in [-0.39, 0.29) is 11.8 Å². The van der Waals surface area contributed by atoms with Crippen LogP contribution >= 0.6 is 0 Å². The van der Waals surface area contributed by atoms with E-state index in [9.17, 15) is 9.59 Å². The zero-order valence-corrected chi connectivity index (χ0v) is 11.5. The van der Waals surface area contributed by atoms with Crippen molar-refractivity contribution in [1.29, 1.82) is 0 Å². The minimum Gasteiger partial charge on any atom is -0.343 e. The van der Waals surface area contributed by atoms with Gasteiger partial charge in [0.2, 0.25) is 11.8 Å². The molecule has 19 heavy (non-hydrogen) atoms. The molecule has 2 unspecified atom stereocenters. The summed E-state index contributed by atoms with van der Waals surface area (Å²) >= 11 is 0. The Kier molecular flexibility index (Phi) is 3.82. The molecule has 0 spiro atoms. The standard InChI is InChI=1S/C12H19N5O2/c1-4-9-12(19)17(10(5-2)11(18)13-9)7-8-6-16(3)15-14-8/h6,9-10H,4-5,7H2,1-3H3,(H,13,18). The fourth-order valence-electron chi connectivity index (χ4n) is 2.34. The number of nitrogens with zero attached hydrogens (tertiary/aromatic N) is 4. The first-order valence-electron chi connectivity index (χ1n) is 6.52. The molecule has 2 amide bonds. The maximum atomic E-state index is 12.3. The van der Waals surface area contributed by atoms with Gasteiger partial charge in [-0.1, -0.05) is 19.1 Å². The van der Waals surface area contributed by atoms with Gasteiger partial charge in [-0.15, -0.1) is 5.10 Å². The van der Waals surface area contributed by atoms with E-state index in [0.717, 1.165) is 0 Å². The Hall–Kier alpha value is -1.92. The van der Waals surface area contributed by atoms with Gasteiger partial charge in [0.1, 0.15) is 17.8 Å². The van der Waals surface area contributed by atoms with Crippen LogP contribution in [-0.2, 0) is 23.2 Å². The third-order valence-corrected chi connectivity index (χ3v) is 3.35.